The minimum atomic E-state index is -0.174. The number of methoxy groups -OCH3 is 1. The van der Waals surface area contributed by atoms with Gasteiger partial charge in [0.2, 0.25) is 0 Å². The van der Waals surface area contributed by atoms with E-state index in [0.29, 0.717) is 6.42 Å². The van der Waals surface area contributed by atoms with Crippen molar-refractivity contribution in [3.8, 4) is 0 Å². The van der Waals surface area contributed by atoms with Crippen molar-refractivity contribution in [1.29, 1.82) is 0 Å². The summed E-state index contributed by atoms with van der Waals surface area (Å²) in [5.41, 5.74) is -0.133. The second-order valence-corrected chi connectivity index (χ2v) is 4.47. The second-order valence-electron chi connectivity index (χ2n) is 4.47. The molecule has 0 unspecified atom stereocenters. The number of hydrogen-bond donors (Lipinski definition) is 0. The quantitative estimate of drug-likeness (QED) is 0.519. The number of ether oxygens (including phenoxy) is 1. The van der Waals surface area contributed by atoms with Crippen molar-refractivity contribution in [1.82, 2.24) is 0 Å². The molecule has 15 heavy (non-hydrogen) atoms. The molecule has 1 saturated carbocycles. The lowest BCUT2D eigenvalue weighted by Gasteiger charge is -2.31. The van der Waals surface area contributed by atoms with E-state index in [1.165, 1.54) is 13.5 Å². The fourth-order valence-corrected chi connectivity index (χ4v) is 2.37. The molecular formula is C12H20O3. The van der Waals surface area contributed by atoms with Crippen molar-refractivity contribution in [2.24, 2.45) is 5.41 Å². The Bertz CT molecular complexity index is 217. The predicted molar refractivity (Wildman–Crippen MR) is 57.4 cm³/mol. The average molecular weight is 212 g/mol. The van der Waals surface area contributed by atoms with Crippen LogP contribution in [0.5, 0.6) is 0 Å². The molecule has 1 aliphatic carbocycles. The van der Waals surface area contributed by atoms with Crippen LogP contribution < -0.4 is 0 Å². The van der Waals surface area contributed by atoms with E-state index in [1.807, 2.05) is 0 Å². The van der Waals surface area contributed by atoms with Gasteiger partial charge in [-0.15, -0.1) is 0 Å². The minimum absolute atomic E-state index is 0.133. The number of carbonyl (C=O) groups excluding carboxylic acids is 2. The lowest BCUT2D eigenvalue weighted by Crippen LogP contribution is -2.25. The van der Waals surface area contributed by atoms with Crippen molar-refractivity contribution >= 4 is 12.3 Å². The second kappa shape index (κ2) is 5.89. The number of rotatable bonds is 5. The normalized spacial score (nSPS) is 19.5. The molecule has 0 N–H and O–H groups in total. The summed E-state index contributed by atoms with van der Waals surface area (Å²) in [6, 6.07) is 0. The molecule has 0 spiro atoms. The molecule has 1 fully saturated rings. The highest BCUT2D eigenvalue weighted by molar-refractivity contribution is 5.69. The van der Waals surface area contributed by atoms with Crippen LogP contribution in [0.4, 0.5) is 0 Å². The largest absolute Gasteiger partial charge is 0.469 e. The van der Waals surface area contributed by atoms with Crippen LogP contribution in [0.3, 0.4) is 0 Å². The molecule has 0 aromatic rings. The first kappa shape index (κ1) is 12.2. The van der Waals surface area contributed by atoms with Gasteiger partial charge in [0.05, 0.1) is 7.11 Å². The van der Waals surface area contributed by atoms with Crippen LogP contribution in [0, 0.1) is 5.41 Å². The molecule has 0 aromatic heterocycles. The molecule has 3 heteroatoms. The highest BCUT2D eigenvalue weighted by Gasteiger charge is 2.31. The average Bonchev–Trinajstić information content (AvgIpc) is 2.30. The first-order valence-corrected chi connectivity index (χ1v) is 5.76. The molecule has 86 valence electrons. The van der Waals surface area contributed by atoms with E-state index >= 15 is 0 Å². The first-order valence-electron chi connectivity index (χ1n) is 5.76. The van der Waals surface area contributed by atoms with Gasteiger partial charge in [0.15, 0.2) is 0 Å². The highest BCUT2D eigenvalue weighted by atomic mass is 16.5. The SMILES string of the molecule is COC(=O)CCCC1(C=O)CCCCC1. The Morgan fingerprint density at radius 3 is 2.53 bits per heavy atom. The zero-order valence-corrected chi connectivity index (χ0v) is 9.46. The molecular weight excluding hydrogens is 192 g/mol. The summed E-state index contributed by atoms with van der Waals surface area (Å²) in [5, 5.41) is 0. The maximum Gasteiger partial charge on any atom is 0.305 e. The maximum absolute atomic E-state index is 11.1. The van der Waals surface area contributed by atoms with Crippen LogP contribution in [-0.4, -0.2) is 19.4 Å². The van der Waals surface area contributed by atoms with Crippen LogP contribution in [0.2, 0.25) is 0 Å². The molecule has 0 bridgehead atoms. The van der Waals surface area contributed by atoms with Gasteiger partial charge in [0.25, 0.3) is 0 Å². The standard InChI is InChI=1S/C12H20O3/c1-15-11(14)6-5-9-12(10-13)7-3-2-4-8-12/h10H,2-9H2,1H3. The van der Waals surface area contributed by atoms with E-state index in [9.17, 15) is 9.59 Å². The molecule has 0 atom stereocenters. The predicted octanol–water partition coefficient (Wildman–Crippen LogP) is 2.48. The lowest BCUT2D eigenvalue weighted by molar-refractivity contribution is -0.141. The van der Waals surface area contributed by atoms with E-state index < -0.39 is 0 Å². The Morgan fingerprint density at radius 2 is 2.00 bits per heavy atom. The number of hydrogen-bond acceptors (Lipinski definition) is 3. The zero-order valence-electron chi connectivity index (χ0n) is 9.46. The van der Waals surface area contributed by atoms with E-state index in [-0.39, 0.29) is 11.4 Å². The molecule has 1 rings (SSSR count). The van der Waals surface area contributed by atoms with Gasteiger partial charge in [-0.05, 0) is 25.7 Å². The van der Waals surface area contributed by atoms with Crippen molar-refractivity contribution in [2.45, 2.75) is 51.4 Å². The molecule has 0 radical (unpaired) electrons. The van der Waals surface area contributed by atoms with Gasteiger partial charge < -0.3 is 9.53 Å². The van der Waals surface area contributed by atoms with Crippen LogP contribution >= 0.6 is 0 Å². The monoisotopic (exact) mass is 212 g/mol. The Kier molecular flexibility index (Phi) is 4.79. The van der Waals surface area contributed by atoms with E-state index in [4.69, 9.17) is 0 Å². The van der Waals surface area contributed by atoms with E-state index in [0.717, 1.165) is 44.8 Å². The fourth-order valence-electron chi connectivity index (χ4n) is 2.37. The lowest BCUT2D eigenvalue weighted by atomic mass is 9.72. The summed E-state index contributed by atoms with van der Waals surface area (Å²) in [6.07, 6.45) is 8.70. The van der Waals surface area contributed by atoms with Crippen LogP contribution in [0.15, 0.2) is 0 Å². The summed E-state index contributed by atoms with van der Waals surface area (Å²) in [4.78, 5) is 22.0. The van der Waals surface area contributed by atoms with Gasteiger partial charge in [-0.1, -0.05) is 19.3 Å². The molecule has 0 aliphatic heterocycles. The van der Waals surface area contributed by atoms with Gasteiger partial charge in [-0.2, -0.15) is 0 Å². The maximum atomic E-state index is 11.1. The van der Waals surface area contributed by atoms with Gasteiger partial charge in [-0.3, -0.25) is 4.79 Å². The molecule has 0 saturated heterocycles. The molecule has 1 aliphatic rings. The number of esters is 1. The number of aldehydes is 1. The van der Waals surface area contributed by atoms with Crippen LogP contribution in [-0.2, 0) is 14.3 Å². The Morgan fingerprint density at radius 1 is 1.33 bits per heavy atom. The third-order valence-electron chi connectivity index (χ3n) is 3.38. The van der Waals surface area contributed by atoms with Gasteiger partial charge in [0, 0.05) is 11.8 Å². The van der Waals surface area contributed by atoms with Crippen LogP contribution in [0.1, 0.15) is 51.4 Å². The Labute approximate surface area is 91.2 Å². The topological polar surface area (TPSA) is 43.4 Å². The molecule has 0 amide bonds. The third kappa shape index (κ3) is 3.65. The third-order valence-corrected chi connectivity index (χ3v) is 3.38. The molecule has 0 aromatic carbocycles. The Balaban J connectivity index is 2.32. The highest BCUT2D eigenvalue weighted by Crippen LogP contribution is 2.38. The molecule has 0 heterocycles. The smallest absolute Gasteiger partial charge is 0.305 e. The first-order chi connectivity index (χ1) is 7.22. The summed E-state index contributed by atoms with van der Waals surface area (Å²) >= 11 is 0. The summed E-state index contributed by atoms with van der Waals surface area (Å²) < 4.78 is 4.58. The fraction of sp³-hybridized carbons (Fsp3) is 0.833. The van der Waals surface area contributed by atoms with Crippen molar-refractivity contribution in [3.05, 3.63) is 0 Å². The van der Waals surface area contributed by atoms with Crippen molar-refractivity contribution < 1.29 is 14.3 Å². The van der Waals surface area contributed by atoms with Crippen molar-refractivity contribution in [3.63, 3.8) is 0 Å². The summed E-state index contributed by atoms with van der Waals surface area (Å²) in [5.74, 6) is -0.174. The molecule has 3 nitrogen and oxygen atoms in total. The van der Waals surface area contributed by atoms with E-state index in [1.54, 1.807) is 0 Å². The minimum Gasteiger partial charge on any atom is -0.469 e. The number of carbonyl (C=O) groups is 2. The van der Waals surface area contributed by atoms with E-state index in [2.05, 4.69) is 4.74 Å². The van der Waals surface area contributed by atoms with Crippen molar-refractivity contribution in [2.75, 3.05) is 7.11 Å². The van der Waals surface area contributed by atoms with Gasteiger partial charge in [0.1, 0.15) is 6.29 Å². The van der Waals surface area contributed by atoms with Gasteiger partial charge >= 0.3 is 5.97 Å². The zero-order chi connectivity index (χ0) is 11.1. The van der Waals surface area contributed by atoms with Crippen LogP contribution in [0.25, 0.3) is 0 Å². The van der Waals surface area contributed by atoms with Gasteiger partial charge in [-0.25, -0.2) is 0 Å². The summed E-state index contributed by atoms with van der Waals surface area (Å²) in [7, 11) is 1.40. The Hall–Kier alpha value is -0.860. The summed E-state index contributed by atoms with van der Waals surface area (Å²) in [6.45, 7) is 0.